The molecular formula is C21H24N6O3. The van der Waals surface area contributed by atoms with E-state index >= 15 is 0 Å². The number of nitrogens with two attached hydrogens (primary N) is 2. The van der Waals surface area contributed by atoms with Gasteiger partial charge in [-0.15, -0.1) is 0 Å². The van der Waals surface area contributed by atoms with E-state index in [1.54, 1.807) is 31.4 Å². The Bertz CT molecular complexity index is 1160. The minimum Gasteiger partial charge on any atom is -0.398 e. The lowest BCUT2D eigenvalue weighted by Crippen LogP contribution is -2.27. The molecule has 156 valence electrons. The van der Waals surface area contributed by atoms with Gasteiger partial charge in [0.25, 0.3) is 11.5 Å². The van der Waals surface area contributed by atoms with Crippen LogP contribution in [0, 0.1) is 6.92 Å². The standard InChI is InChI=1S/C21H24N6O3/c1-12-3-4-13(9-16(12)22)18-11-27(2)21(30)19(26-18)25-14-5-6-15(17(23)10-14)20(29)24-7-8-28/h3-6,9-11,28H,7-8,22-23H2,1-2H3,(H,24,29)(H,25,26). The summed E-state index contributed by atoms with van der Waals surface area (Å²) in [4.78, 5) is 29.0. The molecule has 1 heterocycles. The molecule has 0 fully saturated rings. The fraction of sp³-hybridized carbons (Fsp3) is 0.190. The van der Waals surface area contributed by atoms with E-state index in [4.69, 9.17) is 16.6 Å². The molecule has 3 rings (SSSR count). The second-order valence-electron chi connectivity index (χ2n) is 6.87. The second kappa shape index (κ2) is 8.66. The van der Waals surface area contributed by atoms with E-state index in [1.165, 1.54) is 4.57 Å². The summed E-state index contributed by atoms with van der Waals surface area (Å²) in [6, 6.07) is 10.3. The van der Waals surface area contributed by atoms with Gasteiger partial charge in [0.15, 0.2) is 5.82 Å². The fourth-order valence-electron chi connectivity index (χ4n) is 2.88. The number of nitrogen functional groups attached to an aromatic ring is 2. The van der Waals surface area contributed by atoms with Crippen molar-refractivity contribution in [2.24, 2.45) is 7.05 Å². The summed E-state index contributed by atoms with van der Waals surface area (Å²) in [5.74, 6) is -0.271. The smallest absolute Gasteiger partial charge is 0.293 e. The molecule has 0 saturated heterocycles. The third kappa shape index (κ3) is 4.41. The average molecular weight is 408 g/mol. The van der Waals surface area contributed by atoms with Crippen LogP contribution >= 0.6 is 0 Å². The summed E-state index contributed by atoms with van der Waals surface area (Å²) < 4.78 is 1.43. The minimum atomic E-state index is -0.388. The molecule has 0 bridgehead atoms. The predicted molar refractivity (Wildman–Crippen MR) is 118 cm³/mol. The van der Waals surface area contributed by atoms with Gasteiger partial charge in [0.05, 0.1) is 17.9 Å². The minimum absolute atomic E-state index is 0.117. The first kappa shape index (κ1) is 20.9. The third-order valence-corrected chi connectivity index (χ3v) is 4.60. The summed E-state index contributed by atoms with van der Waals surface area (Å²) in [5.41, 5.74) is 15.7. The predicted octanol–water partition coefficient (Wildman–Crippen LogP) is 1.39. The van der Waals surface area contributed by atoms with E-state index in [1.807, 2.05) is 25.1 Å². The number of amides is 1. The van der Waals surface area contributed by atoms with E-state index in [9.17, 15) is 9.59 Å². The molecule has 0 atom stereocenters. The molecule has 0 unspecified atom stereocenters. The Labute approximate surface area is 173 Å². The molecule has 0 aliphatic rings. The number of aliphatic hydroxyl groups excluding tert-OH is 1. The van der Waals surface area contributed by atoms with Crippen molar-refractivity contribution in [2.45, 2.75) is 6.92 Å². The first-order valence-corrected chi connectivity index (χ1v) is 9.30. The maximum absolute atomic E-state index is 12.6. The number of nitrogens with zero attached hydrogens (tertiary/aromatic N) is 2. The number of aliphatic hydroxyl groups is 1. The van der Waals surface area contributed by atoms with Crippen LogP contribution in [0.15, 0.2) is 47.4 Å². The number of nitrogens with one attached hydrogen (secondary N) is 2. The van der Waals surface area contributed by atoms with Gasteiger partial charge >= 0.3 is 0 Å². The van der Waals surface area contributed by atoms with Crippen LogP contribution in [0.25, 0.3) is 11.3 Å². The molecule has 3 aromatic rings. The molecule has 0 saturated carbocycles. The normalized spacial score (nSPS) is 10.6. The van der Waals surface area contributed by atoms with Gasteiger partial charge in [0.1, 0.15) is 0 Å². The lowest BCUT2D eigenvalue weighted by Gasteiger charge is -2.12. The Hall–Kier alpha value is -3.85. The van der Waals surface area contributed by atoms with Gasteiger partial charge in [-0.1, -0.05) is 12.1 Å². The number of aryl methyl sites for hydroxylation is 2. The van der Waals surface area contributed by atoms with E-state index in [2.05, 4.69) is 15.6 Å². The Morgan fingerprint density at radius 2 is 1.93 bits per heavy atom. The molecule has 9 nitrogen and oxygen atoms in total. The topological polar surface area (TPSA) is 148 Å². The lowest BCUT2D eigenvalue weighted by atomic mass is 10.1. The van der Waals surface area contributed by atoms with E-state index in [0.717, 1.165) is 11.1 Å². The third-order valence-electron chi connectivity index (χ3n) is 4.60. The number of benzene rings is 2. The van der Waals surface area contributed by atoms with Crippen molar-refractivity contribution < 1.29 is 9.90 Å². The Balaban J connectivity index is 1.92. The largest absolute Gasteiger partial charge is 0.398 e. The van der Waals surface area contributed by atoms with Crippen molar-refractivity contribution >= 4 is 28.8 Å². The molecule has 0 spiro atoms. The summed E-state index contributed by atoms with van der Waals surface area (Å²) in [6.45, 7) is 1.89. The number of rotatable bonds is 6. The molecule has 30 heavy (non-hydrogen) atoms. The maximum atomic E-state index is 12.6. The van der Waals surface area contributed by atoms with Crippen LogP contribution in [0.2, 0.25) is 0 Å². The van der Waals surface area contributed by atoms with Gasteiger partial charge in [-0.3, -0.25) is 9.59 Å². The zero-order valence-corrected chi connectivity index (χ0v) is 16.8. The highest BCUT2D eigenvalue weighted by molar-refractivity contribution is 5.99. The zero-order chi connectivity index (χ0) is 21.8. The Morgan fingerprint density at radius 3 is 2.60 bits per heavy atom. The average Bonchev–Trinajstić information content (AvgIpc) is 2.71. The summed E-state index contributed by atoms with van der Waals surface area (Å²) in [7, 11) is 1.64. The van der Waals surface area contributed by atoms with Crippen molar-refractivity contribution in [3.8, 4) is 11.3 Å². The van der Waals surface area contributed by atoms with Crippen LogP contribution in [0.4, 0.5) is 22.9 Å². The highest BCUT2D eigenvalue weighted by Crippen LogP contribution is 2.24. The number of carbonyl (C=O) groups is 1. The number of anilines is 4. The first-order chi connectivity index (χ1) is 14.3. The van der Waals surface area contributed by atoms with Crippen molar-refractivity contribution in [3.05, 3.63) is 64.1 Å². The molecule has 0 aliphatic carbocycles. The molecule has 1 aromatic heterocycles. The zero-order valence-electron chi connectivity index (χ0n) is 16.8. The van der Waals surface area contributed by atoms with E-state index in [-0.39, 0.29) is 41.7 Å². The van der Waals surface area contributed by atoms with Crippen LogP contribution in [0.1, 0.15) is 15.9 Å². The van der Waals surface area contributed by atoms with Gasteiger partial charge in [0.2, 0.25) is 0 Å². The Kier molecular flexibility index (Phi) is 6.03. The molecule has 7 N–H and O–H groups in total. The first-order valence-electron chi connectivity index (χ1n) is 9.30. The van der Waals surface area contributed by atoms with Gasteiger partial charge in [-0.2, -0.15) is 0 Å². The molecular weight excluding hydrogens is 384 g/mol. The second-order valence-corrected chi connectivity index (χ2v) is 6.87. The SMILES string of the molecule is Cc1ccc(-c2cn(C)c(=O)c(Nc3ccc(C(=O)NCCO)c(N)c3)n2)cc1N. The summed E-state index contributed by atoms with van der Waals surface area (Å²) in [5, 5.41) is 14.3. The van der Waals surface area contributed by atoms with Crippen molar-refractivity contribution in [1.82, 2.24) is 14.9 Å². The van der Waals surface area contributed by atoms with Crippen LogP contribution in [0.5, 0.6) is 0 Å². The summed E-state index contributed by atoms with van der Waals surface area (Å²) in [6.07, 6.45) is 1.64. The van der Waals surface area contributed by atoms with Crippen LogP contribution in [-0.4, -0.2) is 33.7 Å². The molecule has 1 amide bonds. The van der Waals surface area contributed by atoms with Gasteiger partial charge in [-0.25, -0.2) is 4.98 Å². The molecule has 9 heteroatoms. The lowest BCUT2D eigenvalue weighted by molar-refractivity contribution is 0.0945. The summed E-state index contributed by atoms with van der Waals surface area (Å²) >= 11 is 0. The van der Waals surface area contributed by atoms with Crippen molar-refractivity contribution in [2.75, 3.05) is 29.9 Å². The van der Waals surface area contributed by atoms with Gasteiger partial charge < -0.3 is 31.8 Å². The molecule has 0 aliphatic heterocycles. The molecule has 2 aromatic carbocycles. The fourth-order valence-corrected chi connectivity index (χ4v) is 2.88. The van der Waals surface area contributed by atoms with Crippen molar-refractivity contribution in [3.63, 3.8) is 0 Å². The Morgan fingerprint density at radius 1 is 1.17 bits per heavy atom. The monoisotopic (exact) mass is 408 g/mol. The molecule has 0 radical (unpaired) electrons. The highest BCUT2D eigenvalue weighted by Gasteiger charge is 2.13. The quantitative estimate of drug-likeness (QED) is 0.387. The number of carbonyl (C=O) groups excluding carboxylic acids is 1. The maximum Gasteiger partial charge on any atom is 0.293 e. The van der Waals surface area contributed by atoms with Gasteiger partial charge in [-0.05, 0) is 36.8 Å². The van der Waals surface area contributed by atoms with Gasteiger partial charge in [0, 0.05) is 42.4 Å². The van der Waals surface area contributed by atoms with E-state index < -0.39 is 0 Å². The number of hydrogen-bond acceptors (Lipinski definition) is 7. The van der Waals surface area contributed by atoms with Crippen LogP contribution in [0.3, 0.4) is 0 Å². The number of aromatic nitrogens is 2. The van der Waals surface area contributed by atoms with Crippen LogP contribution < -0.4 is 27.7 Å². The van der Waals surface area contributed by atoms with E-state index in [0.29, 0.717) is 17.1 Å². The number of hydrogen-bond donors (Lipinski definition) is 5. The van der Waals surface area contributed by atoms with Crippen molar-refractivity contribution in [1.29, 1.82) is 0 Å². The van der Waals surface area contributed by atoms with Crippen LogP contribution in [-0.2, 0) is 7.05 Å². The highest BCUT2D eigenvalue weighted by atomic mass is 16.3.